The van der Waals surface area contributed by atoms with Crippen LogP contribution < -0.4 is 4.80 Å². The average molecular weight is 490 g/mol. The second-order valence-electron chi connectivity index (χ2n) is 7.36. The first kappa shape index (κ1) is 24.8. The van der Waals surface area contributed by atoms with E-state index >= 15 is 0 Å². The molecule has 0 fully saturated rings. The van der Waals surface area contributed by atoms with E-state index in [9.17, 15) is 18.0 Å². The molecule has 176 valence electrons. The fourth-order valence-corrected chi connectivity index (χ4v) is 6.03. The predicted molar refractivity (Wildman–Crippen MR) is 128 cm³/mol. The Balaban J connectivity index is 1.95. The number of benzene rings is 2. The normalized spacial score (nSPS) is 12.4. The minimum absolute atomic E-state index is 0.0749. The van der Waals surface area contributed by atoms with Crippen molar-refractivity contribution in [1.29, 1.82) is 0 Å². The van der Waals surface area contributed by atoms with Crippen molar-refractivity contribution in [2.45, 2.75) is 38.1 Å². The Kier molecular flexibility index (Phi) is 8.17. The van der Waals surface area contributed by atoms with Gasteiger partial charge in [0.05, 0.1) is 22.2 Å². The average Bonchev–Trinajstić information content (AvgIpc) is 3.15. The molecule has 0 saturated heterocycles. The number of hydrogen-bond acceptors (Lipinski definition) is 6. The van der Waals surface area contributed by atoms with Crippen LogP contribution in [0.5, 0.6) is 0 Å². The van der Waals surface area contributed by atoms with Crippen molar-refractivity contribution in [3.8, 4) is 0 Å². The van der Waals surface area contributed by atoms with Crippen LogP contribution in [0.2, 0.25) is 0 Å². The molecule has 8 nitrogen and oxygen atoms in total. The van der Waals surface area contributed by atoms with Gasteiger partial charge in [0.25, 0.3) is 5.91 Å². The molecular weight excluding hydrogens is 462 g/mol. The molecule has 0 atom stereocenters. The van der Waals surface area contributed by atoms with E-state index in [1.165, 1.54) is 47.0 Å². The van der Waals surface area contributed by atoms with Gasteiger partial charge in [-0.2, -0.15) is 9.30 Å². The predicted octanol–water partition coefficient (Wildman–Crippen LogP) is 3.43. The number of aromatic nitrogens is 1. The molecule has 0 aliphatic rings. The molecule has 0 spiro atoms. The number of carbonyl (C=O) groups is 2. The Labute approximate surface area is 197 Å². The third-order valence-corrected chi connectivity index (χ3v) is 7.96. The Morgan fingerprint density at radius 2 is 1.67 bits per heavy atom. The van der Waals surface area contributed by atoms with Crippen molar-refractivity contribution in [1.82, 2.24) is 8.87 Å². The molecule has 0 unspecified atom stereocenters. The molecule has 1 aromatic heterocycles. The number of ether oxygens (including phenoxy) is 1. The summed E-state index contributed by atoms with van der Waals surface area (Å²) in [6.45, 7) is 4.68. The van der Waals surface area contributed by atoms with Crippen molar-refractivity contribution >= 4 is 43.5 Å². The zero-order valence-electron chi connectivity index (χ0n) is 18.9. The van der Waals surface area contributed by atoms with Crippen molar-refractivity contribution in [3.05, 3.63) is 58.9 Å². The third kappa shape index (κ3) is 5.58. The smallest absolute Gasteiger partial charge is 0.325 e. The topological polar surface area (TPSA) is 98.0 Å². The molecule has 0 aliphatic heterocycles. The van der Waals surface area contributed by atoms with Gasteiger partial charge in [0.2, 0.25) is 10.0 Å². The van der Waals surface area contributed by atoms with Crippen LogP contribution in [0.3, 0.4) is 0 Å². The van der Waals surface area contributed by atoms with E-state index in [1.54, 1.807) is 4.57 Å². The first-order valence-corrected chi connectivity index (χ1v) is 12.9. The number of sulfonamides is 1. The van der Waals surface area contributed by atoms with Crippen LogP contribution in [0.1, 0.15) is 37.0 Å². The summed E-state index contributed by atoms with van der Waals surface area (Å²) in [5.74, 6) is -0.978. The number of esters is 1. The lowest BCUT2D eigenvalue weighted by Crippen LogP contribution is -2.32. The van der Waals surface area contributed by atoms with Crippen LogP contribution in [-0.2, 0) is 26.1 Å². The number of carbonyl (C=O) groups excluding carboxylic acids is 2. The monoisotopic (exact) mass is 489 g/mol. The van der Waals surface area contributed by atoms with Crippen molar-refractivity contribution in [3.63, 3.8) is 0 Å². The zero-order chi connectivity index (χ0) is 24.0. The molecule has 1 heterocycles. The van der Waals surface area contributed by atoms with Crippen molar-refractivity contribution < 1.29 is 22.7 Å². The lowest BCUT2D eigenvalue weighted by molar-refractivity contribution is -0.141. The Morgan fingerprint density at radius 1 is 1.03 bits per heavy atom. The first-order chi connectivity index (χ1) is 15.8. The number of methoxy groups -OCH3 is 1. The van der Waals surface area contributed by atoms with E-state index in [4.69, 9.17) is 4.74 Å². The maximum absolute atomic E-state index is 12.9. The molecule has 0 bridgehead atoms. The van der Waals surface area contributed by atoms with Gasteiger partial charge in [0.1, 0.15) is 6.54 Å². The molecule has 1 amide bonds. The summed E-state index contributed by atoms with van der Waals surface area (Å²) in [6.07, 6.45) is 1.44. The molecule has 3 aromatic rings. The van der Waals surface area contributed by atoms with E-state index in [1.807, 2.05) is 38.1 Å². The van der Waals surface area contributed by atoms with Crippen LogP contribution in [-0.4, -0.2) is 49.4 Å². The Morgan fingerprint density at radius 3 is 2.27 bits per heavy atom. The quantitative estimate of drug-likeness (QED) is 0.429. The summed E-state index contributed by atoms with van der Waals surface area (Å²) in [4.78, 5) is 29.5. The summed E-state index contributed by atoms with van der Waals surface area (Å²) in [5, 5.41) is 0. The SMILES string of the molecule is CCCN(CCC)S(=O)(=O)c1ccc(C(=O)N=c2sc3ccccc3n2CC(=O)OC)cc1. The molecule has 0 N–H and O–H groups in total. The minimum Gasteiger partial charge on any atom is -0.468 e. The lowest BCUT2D eigenvalue weighted by Gasteiger charge is -2.21. The number of fused-ring (bicyclic) bond motifs is 1. The third-order valence-electron chi connectivity index (χ3n) is 4.99. The molecule has 10 heteroatoms. The van der Waals surface area contributed by atoms with Gasteiger partial charge in [-0.1, -0.05) is 37.3 Å². The van der Waals surface area contributed by atoms with E-state index in [2.05, 4.69) is 4.99 Å². The number of amides is 1. The molecular formula is C23H27N3O5S2. The van der Waals surface area contributed by atoms with Crippen molar-refractivity contribution in [2.24, 2.45) is 4.99 Å². The van der Waals surface area contributed by atoms with Crippen molar-refractivity contribution in [2.75, 3.05) is 20.2 Å². The number of hydrogen-bond donors (Lipinski definition) is 0. The van der Waals surface area contributed by atoms with Crippen LogP contribution in [0.4, 0.5) is 0 Å². The second kappa shape index (κ2) is 10.9. The van der Waals surface area contributed by atoms with Gasteiger partial charge in [-0.15, -0.1) is 0 Å². The summed E-state index contributed by atoms with van der Waals surface area (Å²) < 4.78 is 34.6. The van der Waals surface area contributed by atoms with Gasteiger partial charge in [-0.25, -0.2) is 8.42 Å². The van der Waals surface area contributed by atoms with E-state index in [-0.39, 0.29) is 17.0 Å². The number of rotatable bonds is 9. The molecule has 0 saturated carbocycles. The van der Waals surface area contributed by atoms with Gasteiger partial charge in [0, 0.05) is 18.7 Å². The van der Waals surface area contributed by atoms with Gasteiger partial charge in [0.15, 0.2) is 4.80 Å². The van der Waals surface area contributed by atoms with Gasteiger partial charge in [-0.3, -0.25) is 9.59 Å². The maximum atomic E-state index is 12.9. The minimum atomic E-state index is -3.63. The van der Waals surface area contributed by atoms with Crippen LogP contribution in [0, 0.1) is 0 Å². The summed E-state index contributed by atoms with van der Waals surface area (Å²) in [7, 11) is -2.33. The van der Waals surface area contributed by atoms with Crippen LogP contribution in [0.25, 0.3) is 10.2 Å². The molecule has 2 aromatic carbocycles. The summed E-state index contributed by atoms with van der Waals surface area (Å²) in [5.41, 5.74) is 1.03. The van der Waals surface area contributed by atoms with Gasteiger partial charge >= 0.3 is 5.97 Å². The summed E-state index contributed by atoms with van der Waals surface area (Å²) in [6, 6.07) is 13.2. The van der Waals surface area contributed by atoms with Gasteiger partial charge < -0.3 is 9.30 Å². The highest BCUT2D eigenvalue weighted by molar-refractivity contribution is 7.89. The zero-order valence-corrected chi connectivity index (χ0v) is 20.5. The molecule has 33 heavy (non-hydrogen) atoms. The van der Waals surface area contributed by atoms with Gasteiger partial charge in [-0.05, 0) is 49.2 Å². The second-order valence-corrected chi connectivity index (χ2v) is 10.3. The fourth-order valence-electron chi connectivity index (χ4n) is 3.37. The highest BCUT2D eigenvalue weighted by atomic mass is 32.2. The fraction of sp³-hybridized carbons (Fsp3) is 0.348. The van der Waals surface area contributed by atoms with Crippen LogP contribution in [0.15, 0.2) is 58.4 Å². The highest BCUT2D eigenvalue weighted by Gasteiger charge is 2.23. The van der Waals surface area contributed by atoms with E-state index < -0.39 is 21.9 Å². The number of para-hydroxylation sites is 1. The number of thiazole rings is 1. The van der Waals surface area contributed by atoms with E-state index in [0.29, 0.717) is 17.9 Å². The number of nitrogens with zero attached hydrogens (tertiary/aromatic N) is 3. The standard InChI is InChI=1S/C23H27N3O5S2/c1-4-14-25(15-5-2)33(29,30)18-12-10-17(11-13-18)22(28)24-23-26(16-21(27)31-3)19-8-6-7-9-20(19)32-23/h6-13H,4-5,14-16H2,1-3H3. The van der Waals surface area contributed by atoms with E-state index in [0.717, 1.165) is 23.1 Å². The first-order valence-electron chi connectivity index (χ1n) is 10.7. The Hall–Kier alpha value is -2.82. The highest BCUT2D eigenvalue weighted by Crippen LogP contribution is 2.19. The Bertz CT molecular complexity index is 1300. The van der Waals surface area contributed by atoms with Crippen LogP contribution >= 0.6 is 11.3 Å². The largest absolute Gasteiger partial charge is 0.468 e. The summed E-state index contributed by atoms with van der Waals surface area (Å²) >= 11 is 1.29. The maximum Gasteiger partial charge on any atom is 0.325 e. The lowest BCUT2D eigenvalue weighted by atomic mass is 10.2. The molecule has 0 radical (unpaired) electrons. The molecule has 3 rings (SSSR count). The molecule has 0 aliphatic carbocycles.